The minimum atomic E-state index is -0.340. The van der Waals surface area contributed by atoms with Crippen molar-refractivity contribution in [3.8, 4) is 5.75 Å². The first-order valence-corrected chi connectivity index (χ1v) is 5.87. The lowest BCUT2D eigenvalue weighted by Gasteiger charge is -2.11. The van der Waals surface area contributed by atoms with Gasteiger partial charge in [-0.25, -0.2) is 0 Å². The molecule has 16 heavy (non-hydrogen) atoms. The van der Waals surface area contributed by atoms with Gasteiger partial charge >= 0.3 is 0 Å². The fraction of sp³-hybridized carbons (Fsp3) is 0.500. The highest BCUT2D eigenvalue weighted by atomic mass is 35.5. The number of ether oxygens (including phenoxy) is 1. The molecule has 2 N–H and O–H groups in total. The molecule has 1 aliphatic heterocycles. The van der Waals surface area contributed by atoms with E-state index in [1.165, 1.54) is 5.56 Å². The Kier molecular flexibility index (Phi) is 3.69. The molecule has 0 amide bonds. The van der Waals surface area contributed by atoms with Crippen LogP contribution in [0, 0.1) is 0 Å². The van der Waals surface area contributed by atoms with Crippen molar-refractivity contribution in [3.63, 3.8) is 0 Å². The highest BCUT2D eigenvalue weighted by Gasteiger charge is 2.17. The van der Waals surface area contributed by atoms with Crippen molar-refractivity contribution in [2.75, 3.05) is 13.2 Å². The zero-order valence-corrected chi connectivity index (χ0v) is 10.0. The molecule has 0 radical (unpaired) electrons. The molecule has 0 saturated heterocycles. The Bertz CT molecular complexity index is 380. The maximum atomic E-state index is 9.16. The quantitative estimate of drug-likeness (QED) is 0.844. The monoisotopic (exact) mass is 241 g/mol. The van der Waals surface area contributed by atoms with Gasteiger partial charge in [-0.2, -0.15) is 0 Å². The summed E-state index contributed by atoms with van der Waals surface area (Å²) in [7, 11) is 0. The lowest BCUT2D eigenvalue weighted by molar-refractivity contribution is 0.191. The molecular formula is C12H16ClNO2. The van der Waals surface area contributed by atoms with E-state index in [-0.39, 0.29) is 6.10 Å². The van der Waals surface area contributed by atoms with Crippen LogP contribution in [0.1, 0.15) is 18.1 Å². The van der Waals surface area contributed by atoms with Crippen LogP contribution in [0.25, 0.3) is 0 Å². The molecule has 2 rings (SSSR count). The Balaban J connectivity index is 2.08. The van der Waals surface area contributed by atoms with Crippen LogP contribution < -0.4 is 10.1 Å². The van der Waals surface area contributed by atoms with Crippen molar-refractivity contribution in [2.24, 2.45) is 0 Å². The minimum absolute atomic E-state index is 0.340. The lowest BCUT2D eigenvalue weighted by Crippen LogP contribution is -2.24. The first-order chi connectivity index (χ1) is 7.66. The van der Waals surface area contributed by atoms with Crippen molar-refractivity contribution in [2.45, 2.75) is 26.0 Å². The predicted molar refractivity (Wildman–Crippen MR) is 64.0 cm³/mol. The maximum Gasteiger partial charge on any atom is 0.127 e. The minimum Gasteiger partial charge on any atom is -0.493 e. The van der Waals surface area contributed by atoms with Crippen molar-refractivity contribution < 1.29 is 9.84 Å². The molecule has 1 aromatic carbocycles. The lowest BCUT2D eigenvalue weighted by atomic mass is 10.1. The number of rotatable bonds is 4. The third-order valence-corrected chi connectivity index (χ3v) is 2.80. The van der Waals surface area contributed by atoms with Gasteiger partial charge in [-0.1, -0.05) is 11.6 Å². The molecule has 1 atom stereocenters. The molecule has 1 aromatic rings. The van der Waals surface area contributed by atoms with Crippen LogP contribution in [0.3, 0.4) is 0 Å². The van der Waals surface area contributed by atoms with E-state index >= 15 is 0 Å². The zero-order valence-electron chi connectivity index (χ0n) is 9.29. The molecule has 0 spiro atoms. The summed E-state index contributed by atoms with van der Waals surface area (Å²) in [5.74, 6) is 0.961. The standard InChI is InChI=1S/C12H16ClNO2/c1-8(15)6-14-7-10-5-11(13)4-9-2-3-16-12(9)10/h4-5,8,14-15H,2-3,6-7H2,1H3. The van der Waals surface area contributed by atoms with Gasteiger partial charge < -0.3 is 15.2 Å². The molecule has 3 nitrogen and oxygen atoms in total. The highest BCUT2D eigenvalue weighted by Crippen LogP contribution is 2.32. The summed E-state index contributed by atoms with van der Waals surface area (Å²) in [6.45, 7) is 3.74. The maximum absolute atomic E-state index is 9.16. The summed E-state index contributed by atoms with van der Waals surface area (Å²) in [4.78, 5) is 0. The topological polar surface area (TPSA) is 41.5 Å². The smallest absolute Gasteiger partial charge is 0.127 e. The van der Waals surface area contributed by atoms with E-state index in [1.54, 1.807) is 6.92 Å². The van der Waals surface area contributed by atoms with E-state index in [2.05, 4.69) is 5.32 Å². The van der Waals surface area contributed by atoms with Crippen LogP contribution >= 0.6 is 11.6 Å². The Morgan fingerprint density at radius 3 is 3.12 bits per heavy atom. The van der Waals surface area contributed by atoms with Gasteiger partial charge in [0.25, 0.3) is 0 Å². The first-order valence-electron chi connectivity index (χ1n) is 5.49. The normalized spacial score (nSPS) is 15.7. The van der Waals surface area contributed by atoms with Crippen molar-refractivity contribution in [3.05, 3.63) is 28.3 Å². The average molecular weight is 242 g/mol. The summed E-state index contributed by atoms with van der Waals surface area (Å²) in [5, 5.41) is 13.1. The second kappa shape index (κ2) is 5.04. The average Bonchev–Trinajstić information content (AvgIpc) is 2.64. The van der Waals surface area contributed by atoms with E-state index in [4.69, 9.17) is 21.4 Å². The molecule has 1 aliphatic rings. The molecule has 0 bridgehead atoms. The predicted octanol–water partition coefficient (Wildman–Crippen LogP) is 1.75. The van der Waals surface area contributed by atoms with E-state index < -0.39 is 0 Å². The van der Waals surface area contributed by atoms with E-state index in [0.717, 1.165) is 29.4 Å². The highest BCUT2D eigenvalue weighted by molar-refractivity contribution is 6.30. The molecule has 0 aliphatic carbocycles. The number of halogens is 1. The van der Waals surface area contributed by atoms with Gasteiger partial charge in [0, 0.05) is 30.1 Å². The molecule has 0 aromatic heterocycles. The Labute approximate surface area is 100 Å². The number of hydrogen-bond acceptors (Lipinski definition) is 3. The number of benzene rings is 1. The molecule has 1 heterocycles. The van der Waals surface area contributed by atoms with E-state index in [0.29, 0.717) is 13.1 Å². The number of fused-ring (bicyclic) bond motifs is 1. The molecule has 1 unspecified atom stereocenters. The molecule has 0 saturated carbocycles. The zero-order chi connectivity index (χ0) is 11.5. The van der Waals surface area contributed by atoms with Gasteiger partial charge in [0.15, 0.2) is 0 Å². The third-order valence-electron chi connectivity index (χ3n) is 2.58. The fourth-order valence-corrected chi connectivity index (χ4v) is 2.16. The number of hydrogen-bond donors (Lipinski definition) is 2. The van der Waals surface area contributed by atoms with Gasteiger partial charge in [-0.3, -0.25) is 0 Å². The van der Waals surface area contributed by atoms with Crippen molar-refractivity contribution in [1.82, 2.24) is 5.32 Å². The summed E-state index contributed by atoms with van der Waals surface area (Å²) in [6.07, 6.45) is 0.590. The summed E-state index contributed by atoms with van der Waals surface area (Å²) in [6, 6.07) is 3.88. The van der Waals surface area contributed by atoms with Gasteiger partial charge in [0.05, 0.1) is 12.7 Å². The first kappa shape index (κ1) is 11.7. The van der Waals surface area contributed by atoms with Gasteiger partial charge in [-0.15, -0.1) is 0 Å². The van der Waals surface area contributed by atoms with Crippen LogP contribution in [-0.2, 0) is 13.0 Å². The molecular weight excluding hydrogens is 226 g/mol. The Morgan fingerprint density at radius 1 is 1.56 bits per heavy atom. The summed E-state index contributed by atoms with van der Waals surface area (Å²) < 4.78 is 5.58. The molecule has 88 valence electrons. The molecule has 4 heteroatoms. The van der Waals surface area contributed by atoms with Crippen LogP contribution in [0.5, 0.6) is 5.75 Å². The van der Waals surface area contributed by atoms with Crippen LogP contribution in [0.15, 0.2) is 12.1 Å². The van der Waals surface area contributed by atoms with E-state index in [9.17, 15) is 0 Å². The van der Waals surface area contributed by atoms with Crippen molar-refractivity contribution >= 4 is 11.6 Å². The van der Waals surface area contributed by atoms with Gasteiger partial charge in [0.2, 0.25) is 0 Å². The van der Waals surface area contributed by atoms with Crippen LogP contribution in [-0.4, -0.2) is 24.4 Å². The third kappa shape index (κ3) is 2.67. The Hall–Kier alpha value is -0.770. The van der Waals surface area contributed by atoms with Crippen LogP contribution in [0.4, 0.5) is 0 Å². The number of aliphatic hydroxyl groups is 1. The van der Waals surface area contributed by atoms with Crippen molar-refractivity contribution in [1.29, 1.82) is 0 Å². The molecule has 0 fully saturated rings. The fourth-order valence-electron chi connectivity index (χ4n) is 1.89. The van der Waals surface area contributed by atoms with Gasteiger partial charge in [0.1, 0.15) is 5.75 Å². The summed E-state index contributed by atoms with van der Waals surface area (Å²) in [5.41, 5.74) is 2.25. The van der Waals surface area contributed by atoms with Gasteiger partial charge in [-0.05, 0) is 24.6 Å². The van der Waals surface area contributed by atoms with E-state index in [1.807, 2.05) is 12.1 Å². The number of nitrogens with one attached hydrogen (secondary N) is 1. The Morgan fingerprint density at radius 2 is 2.38 bits per heavy atom. The summed E-state index contributed by atoms with van der Waals surface area (Å²) >= 11 is 6.04. The second-order valence-corrected chi connectivity index (χ2v) is 4.57. The van der Waals surface area contributed by atoms with Crippen LogP contribution in [0.2, 0.25) is 5.02 Å². The second-order valence-electron chi connectivity index (χ2n) is 4.13. The SMILES string of the molecule is CC(O)CNCc1cc(Cl)cc2c1OCC2. The largest absolute Gasteiger partial charge is 0.493 e. The number of aliphatic hydroxyl groups excluding tert-OH is 1.